The zero-order valence-electron chi connectivity index (χ0n) is 17.0. The fourth-order valence-electron chi connectivity index (χ4n) is 3.35. The molecule has 0 spiro atoms. The van der Waals surface area contributed by atoms with Gasteiger partial charge in [-0.1, -0.05) is 29.8 Å². The molecule has 5 heteroatoms. The normalized spacial score (nSPS) is 15.6. The molecule has 28 heavy (non-hydrogen) atoms. The maximum Gasteiger partial charge on any atom is 0.293 e. The Morgan fingerprint density at radius 3 is 2.29 bits per heavy atom. The Balaban J connectivity index is 1.71. The standard InChI is InChI=1S/C23H25NO3S/c1-14-6-7-16(3)20(12-14)27-9-8-24-22(25)21(28-23(24)26)13-19-17(4)10-15(2)11-18(19)5/h6-7,10-13H,8-9H2,1-5H3/b21-13-. The van der Waals surface area contributed by atoms with Crippen molar-refractivity contribution in [1.29, 1.82) is 0 Å². The van der Waals surface area contributed by atoms with Crippen LogP contribution in [0.15, 0.2) is 35.2 Å². The second-order valence-corrected chi connectivity index (χ2v) is 8.26. The Bertz CT molecular complexity index is 955. The van der Waals surface area contributed by atoms with Crippen molar-refractivity contribution >= 4 is 29.0 Å². The lowest BCUT2D eigenvalue weighted by Crippen LogP contribution is -2.32. The van der Waals surface area contributed by atoms with Crippen LogP contribution in [0.4, 0.5) is 4.79 Å². The summed E-state index contributed by atoms with van der Waals surface area (Å²) in [7, 11) is 0. The van der Waals surface area contributed by atoms with Crippen LogP contribution in [0.25, 0.3) is 6.08 Å². The summed E-state index contributed by atoms with van der Waals surface area (Å²) in [6, 6.07) is 10.2. The molecule has 0 bridgehead atoms. The van der Waals surface area contributed by atoms with Gasteiger partial charge in [0.15, 0.2) is 0 Å². The zero-order chi connectivity index (χ0) is 20.4. The van der Waals surface area contributed by atoms with Crippen LogP contribution in [0.2, 0.25) is 0 Å². The van der Waals surface area contributed by atoms with Crippen LogP contribution >= 0.6 is 11.8 Å². The smallest absolute Gasteiger partial charge is 0.293 e. The number of imide groups is 1. The van der Waals surface area contributed by atoms with Gasteiger partial charge in [0.1, 0.15) is 12.4 Å². The van der Waals surface area contributed by atoms with Crippen LogP contribution in [0.5, 0.6) is 5.75 Å². The predicted octanol–water partition coefficient (Wildman–Crippen LogP) is 5.34. The highest BCUT2D eigenvalue weighted by Gasteiger charge is 2.35. The molecule has 1 aliphatic rings. The number of carbonyl (C=O) groups excluding carboxylic acids is 2. The molecule has 1 heterocycles. The molecule has 0 saturated carbocycles. The van der Waals surface area contributed by atoms with Crippen molar-refractivity contribution in [2.24, 2.45) is 0 Å². The molecule has 3 rings (SSSR count). The lowest BCUT2D eigenvalue weighted by atomic mass is 9.99. The third kappa shape index (κ3) is 4.30. The number of aryl methyl sites for hydroxylation is 5. The van der Waals surface area contributed by atoms with Gasteiger partial charge in [-0.15, -0.1) is 0 Å². The number of nitrogens with zero attached hydrogens (tertiary/aromatic N) is 1. The van der Waals surface area contributed by atoms with Gasteiger partial charge in [0.25, 0.3) is 11.1 Å². The minimum Gasteiger partial charge on any atom is -0.491 e. The largest absolute Gasteiger partial charge is 0.491 e. The second-order valence-electron chi connectivity index (χ2n) is 7.26. The molecular formula is C23H25NO3S. The van der Waals surface area contributed by atoms with Crippen LogP contribution in [0.3, 0.4) is 0 Å². The lowest BCUT2D eigenvalue weighted by Gasteiger charge is -2.14. The Hall–Kier alpha value is -2.53. The summed E-state index contributed by atoms with van der Waals surface area (Å²) in [5.74, 6) is 0.535. The first-order valence-electron chi connectivity index (χ1n) is 9.29. The van der Waals surface area contributed by atoms with Crippen molar-refractivity contribution in [3.8, 4) is 5.75 Å². The van der Waals surface area contributed by atoms with Gasteiger partial charge in [0.05, 0.1) is 11.4 Å². The predicted molar refractivity (Wildman–Crippen MR) is 115 cm³/mol. The third-order valence-electron chi connectivity index (χ3n) is 4.80. The van der Waals surface area contributed by atoms with E-state index in [0.717, 1.165) is 45.3 Å². The van der Waals surface area contributed by atoms with Crippen molar-refractivity contribution in [2.45, 2.75) is 34.6 Å². The number of amides is 2. The van der Waals surface area contributed by atoms with Gasteiger partial charge in [-0.05, 0) is 86.3 Å². The van der Waals surface area contributed by atoms with Crippen LogP contribution in [0.1, 0.15) is 33.4 Å². The van der Waals surface area contributed by atoms with Gasteiger partial charge in [0, 0.05) is 0 Å². The first-order chi connectivity index (χ1) is 13.3. The molecule has 0 N–H and O–H groups in total. The number of carbonyl (C=O) groups is 2. The van der Waals surface area contributed by atoms with Crippen LogP contribution in [-0.4, -0.2) is 29.2 Å². The summed E-state index contributed by atoms with van der Waals surface area (Å²) in [5.41, 5.74) is 6.53. The summed E-state index contributed by atoms with van der Waals surface area (Å²) in [5, 5.41) is -0.247. The SMILES string of the molecule is Cc1cc(C)c(/C=C2\SC(=O)N(CCOc3cc(C)ccc3C)C2=O)c(C)c1. The molecule has 2 aromatic carbocycles. The highest BCUT2D eigenvalue weighted by atomic mass is 32.2. The maximum atomic E-state index is 12.7. The van der Waals surface area contributed by atoms with Crippen molar-refractivity contribution in [1.82, 2.24) is 4.90 Å². The molecule has 0 atom stereocenters. The van der Waals surface area contributed by atoms with Gasteiger partial charge >= 0.3 is 0 Å². The highest BCUT2D eigenvalue weighted by Crippen LogP contribution is 2.33. The van der Waals surface area contributed by atoms with E-state index in [-0.39, 0.29) is 24.3 Å². The fraction of sp³-hybridized carbons (Fsp3) is 0.304. The van der Waals surface area contributed by atoms with E-state index in [1.54, 1.807) is 0 Å². The third-order valence-corrected chi connectivity index (χ3v) is 5.71. The minimum atomic E-state index is -0.251. The van der Waals surface area contributed by atoms with Crippen molar-refractivity contribution in [3.63, 3.8) is 0 Å². The quantitative estimate of drug-likeness (QED) is 0.641. The molecule has 1 saturated heterocycles. The van der Waals surface area contributed by atoms with Gasteiger partial charge in [-0.3, -0.25) is 14.5 Å². The average Bonchev–Trinajstić information content (AvgIpc) is 2.88. The van der Waals surface area contributed by atoms with E-state index in [1.165, 1.54) is 10.5 Å². The van der Waals surface area contributed by atoms with Gasteiger partial charge in [-0.25, -0.2) is 0 Å². The molecule has 2 amide bonds. The van der Waals surface area contributed by atoms with Crippen molar-refractivity contribution < 1.29 is 14.3 Å². The first kappa shape index (κ1) is 20.2. The monoisotopic (exact) mass is 395 g/mol. The summed E-state index contributed by atoms with van der Waals surface area (Å²) < 4.78 is 5.81. The first-order valence-corrected chi connectivity index (χ1v) is 10.1. The molecule has 0 aromatic heterocycles. The molecule has 4 nitrogen and oxygen atoms in total. The number of hydrogen-bond donors (Lipinski definition) is 0. The molecule has 0 radical (unpaired) electrons. The van der Waals surface area contributed by atoms with E-state index in [2.05, 4.69) is 12.1 Å². The van der Waals surface area contributed by atoms with E-state index in [9.17, 15) is 9.59 Å². The summed E-state index contributed by atoms with van der Waals surface area (Å²) in [4.78, 5) is 26.8. The van der Waals surface area contributed by atoms with Gasteiger partial charge in [0.2, 0.25) is 0 Å². The van der Waals surface area contributed by atoms with E-state index in [1.807, 2.05) is 58.9 Å². The zero-order valence-corrected chi connectivity index (χ0v) is 17.8. The fourth-order valence-corrected chi connectivity index (χ4v) is 4.20. The lowest BCUT2D eigenvalue weighted by molar-refractivity contribution is -0.123. The highest BCUT2D eigenvalue weighted by molar-refractivity contribution is 8.18. The van der Waals surface area contributed by atoms with Crippen molar-refractivity contribution in [3.05, 3.63) is 68.6 Å². The summed E-state index contributed by atoms with van der Waals surface area (Å²) in [6.07, 6.45) is 1.83. The van der Waals surface area contributed by atoms with Crippen LogP contribution in [0, 0.1) is 34.6 Å². The van der Waals surface area contributed by atoms with E-state index >= 15 is 0 Å². The van der Waals surface area contributed by atoms with Crippen LogP contribution < -0.4 is 4.74 Å². The molecular weight excluding hydrogens is 370 g/mol. The minimum absolute atomic E-state index is 0.237. The number of thioether (sulfide) groups is 1. The molecule has 1 fully saturated rings. The molecule has 2 aromatic rings. The summed E-state index contributed by atoms with van der Waals surface area (Å²) in [6.45, 7) is 10.6. The van der Waals surface area contributed by atoms with E-state index < -0.39 is 0 Å². The maximum absolute atomic E-state index is 12.7. The number of hydrogen-bond acceptors (Lipinski definition) is 4. The average molecular weight is 396 g/mol. The number of ether oxygens (including phenoxy) is 1. The van der Waals surface area contributed by atoms with Crippen molar-refractivity contribution in [2.75, 3.05) is 13.2 Å². The van der Waals surface area contributed by atoms with Gasteiger partial charge in [-0.2, -0.15) is 0 Å². The molecule has 1 aliphatic heterocycles. The van der Waals surface area contributed by atoms with E-state index in [4.69, 9.17) is 4.74 Å². The number of rotatable bonds is 5. The topological polar surface area (TPSA) is 46.6 Å². The number of benzene rings is 2. The Morgan fingerprint density at radius 1 is 0.929 bits per heavy atom. The second kappa shape index (κ2) is 8.23. The molecule has 0 aliphatic carbocycles. The summed E-state index contributed by atoms with van der Waals surface area (Å²) >= 11 is 0.993. The Kier molecular flexibility index (Phi) is 5.94. The Morgan fingerprint density at radius 2 is 1.61 bits per heavy atom. The van der Waals surface area contributed by atoms with Crippen LogP contribution in [-0.2, 0) is 4.79 Å². The van der Waals surface area contributed by atoms with Gasteiger partial charge < -0.3 is 4.74 Å². The van der Waals surface area contributed by atoms with E-state index in [0.29, 0.717) is 4.91 Å². The molecule has 146 valence electrons. The molecule has 0 unspecified atom stereocenters. The Labute approximate surface area is 170 Å².